The molecule has 166 valence electrons. The summed E-state index contributed by atoms with van der Waals surface area (Å²) in [5.74, 6) is 0.466. The van der Waals surface area contributed by atoms with Crippen LogP contribution < -0.4 is 4.74 Å². The van der Waals surface area contributed by atoms with Gasteiger partial charge < -0.3 is 19.1 Å². The molecule has 4 heterocycles. The molecular weight excluding hydrogens is 400 g/mol. The fourth-order valence-electron chi connectivity index (χ4n) is 3.45. The van der Waals surface area contributed by atoms with Gasteiger partial charge in [-0.05, 0) is 26.8 Å². The third kappa shape index (κ3) is 4.79. The summed E-state index contributed by atoms with van der Waals surface area (Å²) in [4.78, 5) is 18.7. The molecule has 3 aromatic rings. The molecule has 0 aromatic carbocycles. The van der Waals surface area contributed by atoms with Gasteiger partial charge in [0.25, 0.3) is 0 Å². The maximum absolute atomic E-state index is 12.4. The minimum Gasteiger partial charge on any atom is -0.470 e. The first-order valence-electron chi connectivity index (χ1n) is 10.2. The van der Waals surface area contributed by atoms with Gasteiger partial charge >= 0.3 is 6.09 Å². The van der Waals surface area contributed by atoms with E-state index in [-0.39, 0.29) is 18.2 Å². The smallest absolute Gasteiger partial charge is 0.410 e. The van der Waals surface area contributed by atoms with Crippen molar-refractivity contribution in [1.29, 1.82) is 0 Å². The Morgan fingerprint density at radius 3 is 2.77 bits per heavy atom. The minimum atomic E-state index is -0.555. The van der Waals surface area contributed by atoms with Crippen LogP contribution in [0.1, 0.15) is 27.2 Å². The molecule has 3 aromatic heterocycles. The predicted octanol–water partition coefficient (Wildman–Crippen LogP) is 2.53. The van der Waals surface area contributed by atoms with Gasteiger partial charge in [0.1, 0.15) is 17.2 Å². The van der Waals surface area contributed by atoms with Gasteiger partial charge in [-0.2, -0.15) is 10.2 Å². The number of rotatable bonds is 4. The van der Waals surface area contributed by atoms with Crippen LogP contribution in [-0.4, -0.2) is 73.4 Å². The molecule has 0 aliphatic carbocycles. The molecule has 1 aliphatic heterocycles. The Labute approximate surface area is 180 Å². The standard InChI is InChI=1S/C21H28N6O4/c1-21(2,3)31-20(28)26(5)15-8-16(13-29-12-15)30-19-18-6-7-22-27(18)11-17(24-19)14-9-23-25(4)10-14/h6-7,9-11,15-16H,8,12-13H2,1-5H3/t15-,16-/m0/s1. The SMILES string of the molecule is CN(C(=O)OC(C)(C)C)[C@@H]1COC[C@@H](Oc2nc(-c3cnn(C)c3)cn3nccc23)C1. The zero-order valence-corrected chi connectivity index (χ0v) is 18.5. The number of ether oxygens (including phenoxy) is 3. The maximum Gasteiger partial charge on any atom is 0.410 e. The molecule has 10 heteroatoms. The second-order valence-corrected chi connectivity index (χ2v) is 8.75. The Kier molecular flexibility index (Phi) is 5.57. The van der Waals surface area contributed by atoms with Crippen molar-refractivity contribution in [2.24, 2.45) is 7.05 Å². The Bertz CT molecular complexity index is 1070. The van der Waals surface area contributed by atoms with Crippen molar-refractivity contribution in [1.82, 2.24) is 29.3 Å². The highest BCUT2D eigenvalue weighted by molar-refractivity contribution is 5.68. The number of fused-ring (bicyclic) bond motifs is 1. The average molecular weight is 428 g/mol. The molecule has 0 bridgehead atoms. The van der Waals surface area contributed by atoms with E-state index in [9.17, 15) is 4.79 Å². The largest absolute Gasteiger partial charge is 0.470 e. The van der Waals surface area contributed by atoms with Crippen molar-refractivity contribution in [3.05, 3.63) is 30.9 Å². The fourth-order valence-corrected chi connectivity index (χ4v) is 3.45. The summed E-state index contributed by atoms with van der Waals surface area (Å²) in [5, 5.41) is 8.55. The number of amides is 1. The number of carbonyl (C=O) groups is 1. The van der Waals surface area contributed by atoms with Gasteiger partial charge in [-0.1, -0.05) is 0 Å². The van der Waals surface area contributed by atoms with E-state index < -0.39 is 5.60 Å². The molecule has 0 unspecified atom stereocenters. The molecular formula is C21H28N6O4. The van der Waals surface area contributed by atoms with E-state index in [1.54, 1.807) is 33.5 Å². The van der Waals surface area contributed by atoms with E-state index in [2.05, 4.69) is 10.2 Å². The third-order valence-electron chi connectivity index (χ3n) is 5.01. The van der Waals surface area contributed by atoms with Crippen molar-refractivity contribution in [2.75, 3.05) is 20.3 Å². The van der Waals surface area contributed by atoms with Gasteiger partial charge in [-0.25, -0.2) is 14.3 Å². The van der Waals surface area contributed by atoms with Crippen LogP contribution in [0.3, 0.4) is 0 Å². The van der Waals surface area contributed by atoms with E-state index >= 15 is 0 Å². The van der Waals surface area contributed by atoms with Crippen LogP contribution in [0.4, 0.5) is 4.79 Å². The number of aromatic nitrogens is 5. The van der Waals surface area contributed by atoms with Crippen LogP contribution in [-0.2, 0) is 16.5 Å². The molecule has 0 saturated carbocycles. The molecule has 1 saturated heterocycles. The van der Waals surface area contributed by atoms with Gasteiger partial charge in [0.2, 0.25) is 5.88 Å². The highest BCUT2D eigenvalue weighted by Crippen LogP contribution is 2.26. The molecule has 0 N–H and O–H groups in total. The zero-order chi connectivity index (χ0) is 22.2. The first kappa shape index (κ1) is 21.1. The third-order valence-corrected chi connectivity index (χ3v) is 5.01. The molecule has 0 radical (unpaired) electrons. The van der Waals surface area contributed by atoms with Crippen molar-refractivity contribution >= 4 is 11.6 Å². The average Bonchev–Trinajstić information content (AvgIpc) is 3.35. The molecule has 0 spiro atoms. The maximum atomic E-state index is 12.4. The minimum absolute atomic E-state index is 0.156. The summed E-state index contributed by atoms with van der Waals surface area (Å²) in [6.45, 7) is 6.39. The molecule has 1 aliphatic rings. The van der Waals surface area contributed by atoms with Crippen molar-refractivity contribution in [3.8, 4) is 17.1 Å². The summed E-state index contributed by atoms with van der Waals surface area (Å²) < 4.78 is 20.9. The summed E-state index contributed by atoms with van der Waals surface area (Å²) in [5.41, 5.74) is 1.78. The van der Waals surface area contributed by atoms with E-state index in [1.807, 2.05) is 46.3 Å². The number of nitrogens with zero attached hydrogens (tertiary/aromatic N) is 6. The molecule has 10 nitrogen and oxygen atoms in total. The number of aryl methyl sites for hydroxylation is 1. The summed E-state index contributed by atoms with van der Waals surface area (Å²) in [7, 11) is 3.58. The second kappa shape index (κ2) is 8.18. The quantitative estimate of drug-likeness (QED) is 0.630. The lowest BCUT2D eigenvalue weighted by molar-refractivity contribution is -0.0464. The number of carbonyl (C=O) groups excluding carboxylic acids is 1. The summed E-state index contributed by atoms with van der Waals surface area (Å²) in [6, 6.07) is 1.69. The Hall–Kier alpha value is -3.14. The topological polar surface area (TPSA) is 96.0 Å². The lowest BCUT2D eigenvalue weighted by Crippen LogP contribution is -2.49. The number of hydrogen-bond donors (Lipinski definition) is 0. The van der Waals surface area contributed by atoms with Gasteiger partial charge in [-0.3, -0.25) is 4.68 Å². The van der Waals surface area contributed by atoms with E-state index in [1.165, 1.54) is 0 Å². The number of hydrogen-bond acceptors (Lipinski definition) is 7. The van der Waals surface area contributed by atoms with E-state index in [4.69, 9.17) is 19.2 Å². The fraction of sp³-hybridized carbons (Fsp3) is 0.524. The van der Waals surface area contributed by atoms with Crippen LogP contribution >= 0.6 is 0 Å². The Balaban J connectivity index is 1.52. The monoisotopic (exact) mass is 428 g/mol. The van der Waals surface area contributed by atoms with Gasteiger partial charge in [-0.15, -0.1) is 0 Å². The zero-order valence-electron chi connectivity index (χ0n) is 18.5. The molecule has 2 atom stereocenters. The normalized spacial score (nSPS) is 19.4. The van der Waals surface area contributed by atoms with Crippen molar-refractivity contribution in [3.63, 3.8) is 0 Å². The predicted molar refractivity (Wildman–Crippen MR) is 113 cm³/mol. The van der Waals surface area contributed by atoms with Gasteiger partial charge in [0.05, 0.1) is 43.5 Å². The van der Waals surface area contributed by atoms with Crippen LogP contribution in [0, 0.1) is 0 Å². The number of likely N-dealkylation sites (N-methyl/N-ethyl adjacent to an activating group) is 1. The Morgan fingerprint density at radius 2 is 2.06 bits per heavy atom. The van der Waals surface area contributed by atoms with Crippen molar-refractivity contribution < 1.29 is 19.0 Å². The molecule has 1 fully saturated rings. The summed E-state index contributed by atoms with van der Waals surface area (Å²) >= 11 is 0. The first-order valence-corrected chi connectivity index (χ1v) is 10.2. The molecule has 1 amide bonds. The van der Waals surface area contributed by atoms with E-state index in [0.29, 0.717) is 31.2 Å². The van der Waals surface area contributed by atoms with Crippen LogP contribution in [0.5, 0.6) is 5.88 Å². The van der Waals surface area contributed by atoms with Crippen LogP contribution in [0.15, 0.2) is 30.9 Å². The molecule has 31 heavy (non-hydrogen) atoms. The highest BCUT2D eigenvalue weighted by Gasteiger charge is 2.32. The van der Waals surface area contributed by atoms with Crippen LogP contribution in [0.25, 0.3) is 16.8 Å². The van der Waals surface area contributed by atoms with Crippen molar-refractivity contribution in [2.45, 2.75) is 44.9 Å². The van der Waals surface area contributed by atoms with Crippen LogP contribution in [0.2, 0.25) is 0 Å². The molecule has 4 rings (SSSR count). The second-order valence-electron chi connectivity index (χ2n) is 8.75. The lowest BCUT2D eigenvalue weighted by Gasteiger charge is -2.35. The lowest BCUT2D eigenvalue weighted by atomic mass is 10.1. The van der Waals surface area contributed by atoms with E-state index in [0.717, 1.165) is 11.1 Å². The van der Waals surface area contributed by atoms with Gasteiger partial charge in [0.15, 0.2) is 0 Å². The van der Waals surface area contributed by atoms with Gasteiger partial charge in [0, 0.05) is 32.3 Å². The highest BCUT2D eigenvalue weighted by atomic mass is 16.6. The first-order chi connectivity index (χ1) is 14.7. The summed E-state index contributed by atoms with van der Waals surface area (Å²) in [6.07, 6.45) is 7.14. The Morgan fingerprint density at radius 1 is 1.26 bits per heavy atom.